The second kappa shape index (κ2) is 6.23. The Hall–Kier alpha value is -1.03. The van der Waals surface area contributed by atoms with Crippen LogP contribution >= 0.6 is 15.9 Å². The second-order valence-corrected chi connectivity index (χ2v) is 6.39. The van der Waals surface area contributed by atoms with Crippen LogP contribution in [0, 0.1) is 5.41 Å². The van der Waals surface area contributed by atoms with Crippen molar-refractivity contribution in [1.82, 2.24) is 0 Å². The number of hydrogen-bond donors (Lipinski definition) is 1. The smallest absolute Gasteiger partial charge is 0.338 e. The molecule has 0 radical (unpaired) electrons. The number of halogens is 1. The Morgan fingerprint density at radius 2 is 2.06 bits per heavy atom. The van der Waals surface area contributed by atoms with Gasteiger partial charge in [0.2, 0.25) is 0 Å². The number of hydrogen-bond acceptors (Lipinski definition) is 3. The zero-order valence-electron chi connectivity index (χ0n) is 11.1. The highest BCUT2D eigenvalue weighted by atomic mass is 79.9. The van der Waals surface area contributed by atoms with Crippen molar-refractivity contribution in [2.24, 2.45) is 5.41 Å². The summed E-state index contributed by atoms with van der Waals surface area (Å²) in [5.41, 5.74) is 7.02. The van der Waals surface area contributed by atoms with Gasteiger partial charge in [0.25, 0.3) is 0 Å². The Kier molecular flexibility index (Phi) is 5.20. The van der Waals surface area contributed by atoms with E-state index < -0.39 is 0 Å². The lowest BCUT2D eigenvalue weighted by Gasteiger charge is -2.17. The zero-order valence-corrected chi connectivity index (χ0v) is 12.7. The number of benzene rings is 1. The highest BCUT2D eigenvalue weighted by Crippen LogP contribution is 2.22. The van der Waals surface area contributed by atoms with Crippen LogP contribution in [0.2, 0.25) is 0 Å². The number of anilines is 1. The van der Waals surface area contributed by atoms with Gasteiger partial charge in [-0.05, 0) is 52.4 Å². The summed E-state index contributed by atoms with van der Waals surface area (Å²) in [5.74, 6) is -0.317. The number of ether oxygens (including phenoxy) is 1. The number of carbonyl (C=O) groups excluding carboxylic acids is 1. The number of carbonyl (C=O) groups is 1. The molecule has 0 aromatic heterocycles. The SMILES string of the molecule is CC(C)(C)CCCOC(=O)c1ccc(Br)c(N)c1. The normalized spacial score (nSPS) is 11.3. The first kappa shape index (κ1) is 15.0. The largest absolute Gasteiger partial charge is 0.462 e. The summed E-state index contributed by atoms with van der Waals surface area (Å²) < 4.78 is 5.99. The summed E-state index contributed by atoms with van der Waals surface area (Å²) in [7, 11) is 0. The highest BCUT2D eigenvalue weighted by molar-refractivity contribution is 9.10. The average molecular weight is 314 g/mol. The molecule has 1 aromatic rings. The van der Waals surface area contributed by atoms with Gasteiger partial charge in [-0.3, -0.25) is 0 Å². The van der Waals surface area contributed by atoms with E-state index in [1.54, 1.807) is 18.2 Å². The van der Waals surface area contributed by atoms with Crippen LogP contribution in [-0.2, 0) is 4.74 Å². The van der Waals surface area contributed by atoms with E-state index in [1.807, 2.05) is 0 Å². The third kappa shape index (κ3) is 5.08. The molecule has 0 heterocycles. The molecule has 0 fully saturated rings. The molecule has 0 aliphatic rings. The third-order valence-corrected chi connectivity index (χ3v) is 3.26. The summed E-state index contributed by atoms with van der Waals surface area (Å²) in [4.78, 5) is 11.7. The predicted octanol–water partition coefficient (Wildman–Crippen LogP) is 4.01. The lowest BCUT2D eigenvalue weighted by molar-refractivity contribution is 0.0488. The Labute approximate surface area is 117 Å². The Morgan fingerprint density at radius 3 is 2.61 bits per heavy atom. The van der Waals surface area contributed by atoms with Gasteiger partial charge in [0.05, 0.1) is 12.2 Å². The van der Waals surface area contributed by atoms with E-state index in [2.05, 4.69) is 36.7 Å². The maximum atomic E-state index is 11.7. The van der Waals surface area contributed by atoms with E-state index in [9.17, 15) is 4.79 Å². The molecule has 100 valence electrons. The van der Waals surface area contributed by atoms with Crippen molar-refractivity contribution in [3.63, 3.8) is 0 Å². The molecule has 18 heavy (non-hydrogen) atoms. The van der Waals surface area contributed by atoms with Crippen molar-refractivity contribution < 1.29 is 9.53 Å². The van der Waals surface area contributed by atoms with Gasteiger partial charge in [-0.15, -0.1) is 0 Å². The van der Waals surface area contributed by atoms with E-state index in [0.29, 0.717) is 17.9 Å². The van der Waals surface area contributed by atoms with Crippen molar-refractivity contribution in [3.05, 3.63) is 28.2 Å². The minimum Gasteiger partial charge on any atom is -0.462 e. The summed E-state index contributed by atoms with van der Waals surface area (Å²) in [6.45, 7) is 6.96. The van der Waals surface area contributed by atoms with Gasteiger partial charge in [-0.2, -0.15) is 0 Å². The van der Waals surface area contributed by atoms with Crippen LogP contribution in [0.1, 0.15) is 44.0 Å². The van der Waals surface area contributed by atoms with E-state index in [4.69, 9.17) is 10.5 Å². The first-order valence-corrected chi connectivity index (χ1v) is 6.81. The first-order chi connectivity index (χ1) is 8.29. The van der Waals surface area contributed by atoms with Crippen LogP contribution in [0.5, 0.6) is 0 Å². The summed E-state index contributed by atoms with van der Waals surface area (Å²) in [6, 6.07) is 5.07. The van der Waals surface area contributed by atoms with Crippen molar-refractivity contribution in [2.45, 2.75) is 33.6 Å². The molecule has 0 aliphatic carbocycles. The van der Waals surface area contributed by atoms with Gasteiger partial charge in [0.1, 0.15) is 0 Å². The second-order valence-electron chi connectivity index (χ2n) is 5.54. The molecule has 0 spiro atoms. The molecule has 0 saturated heterocycles. The quantitative estimate of drug-likeness (QED) is 0.519. The van der Waals surface area contributed by atoms with Gasteiger partial charge in [-0.25, -0.2) is 4.79 Å². The van der Waals surface area contributed by atoms with Gasteiger partial charge < -0.3 is 10.5 Å². The molecular weight excluding hydrogens is 294 g/mol. The van der Waals surface area contributed by atoms with Crippen LogP contribution < -0.4 is 5.73 Å². The van der Waals surface area contributed by atoms with Crippen molar-refractivity contribution in [1.29, 1.82) is 0 Å². The topological polar surface area (TPSA) is 52.3 Å². The maximum Gasteiger partial charge on any atom is 0.338 e. The van der Waals surface area contributed by atoms with Crippen molar-refractivity contribution in [2.75, 3.05) is 12.3 Å². The van der Waals surface area contributed by atoms with Crippen LogP contribution in [0.3, 0.4) is 0 Å². The molecule has 0 saturated carbocycles. The van der Waals surface area contributed by atoms with Crippen molar-refractivity contribution in [3.8, 4) is 0 Å². The van der Waals surface area contributed by atoms with Crippen LogP contribution in [-0.4, -0.2) is 12.6 Å². The predicted molar refractivity (Wildman–Crippen MR) is 77.5 cm³/mol. The summed E-state index contributed by atoms with van der Waals surface area (Å²) >= 11 is 3.29. The third-order valence-electron chi connectivity index (χ3n) is 2.54. The van der Waals surface area contributed by atoms with Crippen LogP contribution in [0.4, 0.5) is 5.69 Å². The van der Waals surface area contributed by atoms with E-state index in [-0.39, 0.29) is 11.4 Å². The fourth-order valence-corrected chi connectivity index (χ4v) is 1.77. The van der Waals surface area contributed by atoms with Crippen LogP contribution in [0.25, 0.3) is 0 Å². The molecule has 0 amide bonds. The van der Waals surface area contributed by atoms with E-state index >= 15 is 0 Å². The summed E-state index contributed by atoms with van der Waals surface area (Å²) in [6.07, 6.45) is 1.91. The minimum absolute atomic E-state index is 0.272. The molecule has 0 unspecified atom stereocenters. The molecule has 4 heteroatoms. The standard InChI is InChI=1S/C14H20BrNO2/c1-14(2,3)7-4-8-18-13(17)10-5-6-11(15)12(16)9-10/h5-6,9H,4,7-8,16H2,1-3H3. The zero-order chi connectivity index (χ0) is 13.8. The van der Waals surface area contributed by atoms with Crippen molar-refractivity contribution >= 4 is 27.6 Å². The van der Waals surface area contributed by atoms with E-state index in [0.717, 1.165) is 17.3 Å². The molecular formula is C14H20BrNO2. The van der Waals surface area contributed by atoms with Gasteiger partial charge in [0.15, 0.2) is 0 Å². The average Bonchev–Trinajstić information content (AvgIpc) is 2.26. The molecule has 2 N–H and O–H groups in total. The lowest BCUT2D eigenvalue weighted by atomic mass is 9.91. The molecule has 1 rings (SSSR count). The van der Waals surface area contributed by atoms with Crippen LogP contribution in [0.15, 0.2) is 22.7 Å². The van der Waals surface area contributed by atoms with Gasteiger partial charge in [-0.1, -0.05) is 20.8 Å². The molecule has 0 atom stereocenters. The number of esters is 1. The van der Waals surface area contributed by atoms with E-state index in [1.165, 1.54) is 0 Å². The highest BCUT2D eigenvalue weighted by Gasteiger charge is 2.11. The summed E-state index contributed by atoms with van der Waals surface area (Å²) in [5, 5.41) is 0. The Morgan fingerprint density at radius 1 is 1.39 bits per heavy atom. The monoisotopic (exact) mass is 313 g/mol. The Balaban J connectivity index is 2.43. The fourth-order valence-electron chi connectivity index (χ4n) is 1.52. The van der Waals surface area contributed by atoms with Gasteiger partial charge in [0, 0.05) is 10.2 Å². The molecule has 1 aromatic carbocycles. The number of nitrogens with two attached hydrogens (primary N) is 1. The Bertz CT molecular complexity index is 424. The maximum absolute atomic E-state index is 11.7. The number of rotatable bonds is 4. The minimum atomic E-state index is -0.317. The fraction of sp³-hybridized carbons (Fsp3) is 0.500. The molecule has 3 nitrogen and oxygen atoms in total. The lowest BCUT2D eigenvalue weighted by Crippen LogP contribution is -2.10. The first-order valence-electron chi connectivity index (χ1n) is 6.02. The number of nitrogen functional groups attached to an aromatic ring is 1. The van der Waals surface area contributed by atoms with Gasteiger partial charge >= 0.3 is 5.97 Å². The molecule has 0 aliphatic heterocycles. The molecule has 0 bridgehead atoms.